The predicted molar refractivity (Wildman–Crippen MR) is 75.5 cm³/mol. The van der Waals surface area contributed by atoms with E-state index in [-0.39, 0.29) is 6.04 Å². The van der Waals surface area contributed by atoms with Crippen LogP contribution in [0.2, 0.25) is 0 Å². The summed E-state index contributed by atoms with van der Waals surface area (Å²) in [7, 11) is 0. The Morgan fingerprint density at radius 1 is 1.00 bits per heavy atom. The van der Waals surface area contributed by atoms with Gasteiger partial charge in [-0.2, -0.15) is 0 Å². The zero-order valence-corrected chi connectivity index (χ0v) is 10.8. The second kappa shape index (κ2) is 5.65. The highest BCUT2D eigenvalue weighted by Gasteiger charge is 2.08. The Morgan fingerprint density at radius 3 is 2.28 bits per heavy atom. The van der Waals surface area contributed by atoms with Crippen LogP contribution < -0.4 is 11.1 Å². The molecule has 0 amide bonds. The van der Waals surface area contributed by atoms with E-state index in [4.69, 9.17) is 5.73 Å². The van der Waals surface area contributed by atoms with E-state index >= 15 is 0 Å². The summed E-state index contributed by atoms with van der Waals surface area (Å²) >= 11 is 0. The molecule has 0 radical (unpaired) electrons. The van der Waals surface area contributed by atoms with E-state index in [1.54, 1.807) is 0 Å². The maximum absolute atomic E-state index is 6.21. The van der Waals surface area contributed by atoms with Crippen molar-refractivity contribution in [1.29, 1.82) is 0 Å². The molecule has 18 heavy (non-hydrogen) atoms. The fourth-order valence-corrected chi connectivity index (χ4v) is 1.82. The normalized spacial score (nSPS) is 12.4. The van der Waals surface area contributed by atoms with Crippen LogP contribution >= 0.6 is 0 Å². The second-order valence-corrected chi connectivity index (χ2v) is 4.66. The van der Waals surface area contributed by atoms with Crippen molar-refractivity contribution in [1.82, 2.24) is 4.98 Å². The molecule has 1 aromatic heterocycles. The number of nitrogens with two attached hydrogens (primary N) is 1. The molecule has 94 valence electrons. The number of rotatable bonds is 4. The van der Waals surface area contributed by atoms with E-state index in [1.807, 2.05) is 48.7 Å². The molecule has 2 rings (SSSR count). The average Bonchev–Trinajstić information content (AvgIpc) is 2.39. The topological polar surface area (TPSA) is 50.9 Å². The van der Waals surface area contributed by atoms with Gasteiger partial charge in [-0.25, -0.2) is 4.98 Å². The summed E-state index contributed by atoms with van der Waals surface area (Å²) in [6, 6.07) is 14.3. The number of aromatic nitrogens is 1. The SMILES string of the molecule is CC(C)Nc1ccc(C(N)c2ccccc2)cn1. The molecule has 1 atom stereocenters. The molecule has 0 saturated heterocycles. The van der Waals surface area contributed by atoms with Crippen molar-refractivity contribution >= 4 is 5.82 Å². The minimum Gasteiger partial charge on any atom is -0.368 e. The lowest BCUT2D eigenvalue weighted by Gasteiger charge is -2.14. The van der Waals surface area contributed by atoms with E-state index in [9.17, 15) is 0 Å². The quantitative estimate of drug-likeness (QED) is 0.865. The van der Waals surface area contributed by atoms with Crippen LogP contribution in [0.3, 0.4) is 0 Å². The molecule has 3 heteroatoms. The third-order valence-electron chi connectivity index (χ3n) is 2.74. The Kier molecular flexibility index (Phi) is 3.95. The van der Waals surface area contributed by atoms with Gasteiger partial charge in [-0.1, -0.05) is 36.4 Å². The van der Waals surface area contributed by atoms with E-state index < -0.39 is 0 Å². The van der Waals surface area contributed by atoms with Gasteiger partial charge in [-0.05, 0) is 31.0 Å². The molecule has 0 bridgehead atoms. The predicted octanol–water partition coefficient (Wildman–Crippen LogP) is 2.95. The van der Waals surface area contributed by atoms with Crippen LogP contribution in [0.15, 0.2) is 48.7 Å². The number of nitrogens with one attached hydrogen (secondary N) is 1. The highest BCUT2D eigenvalue weighted by Crippen LogP contribution is 2.19. The van der Waals surface area contributed by atoms with Gasteiger partial charge < -0.3 is 11.1 Å². The van der Waals surface area contributed by atoms with Gasteiger partial charge in [-0.3, -0.25) is 0 Å². The first-order valence-electron chi connectivity index (χ1n) is 6.20. The van der Waals surface area contributed by atoms with Gasteiger partial charge in [-0.15, -0.1) is 0 Å². The van der Waals surface area contributed by atoms with Crippen molar-refractivity contribution in [2.75, 3.05) is 5.32 Å². The van der Waals surface area contributed by atoms with Crippen LogP contribution in [0, 0.1) is 0 Å². The summed E-state index contributed by atoms with van der Waals surface area (Å²) in [5.41, 5.74) is 8.33. The summed E-state index contributed by atoms with van der Waals surface area (Å²) in [6.45, 7) is 4.18. The fourth-order valence-electron chi connectivity index (χ4n) is 1.82. The monoisotopic (exact) mass is 241 g/mol. The Labute approximate surface area is 108 Å². The summed E-state index contributed by atoms with van der Waals surface area (Å²) in [5.74, 6) is 0.883. The van der Waals surface area contributed by atoms with Crippen molar-refractivity contribution in [3.63, 3.8) is 0 Å². The molecule has 0 aliphatic carbocycles. The third kappa shape index (κ3) is 3.08. The number of hydrogen-bond donors (Lipinski definition) is 2. The molecule has 0 spiro atoms. The molecule has 0 saturated carbocycles. The first-order chi connectivity index (χ1) is 8.66. The highest BCUT2D eigenvalue weighted by molar-refractivity contribution is 5.39. The Balaban J connectivity index is 2.14. The molecule has 0 fully saturated rings. The molecule has 3 nitrogen and oxygen atoms in total. The lowest BCUT2D eigenvalue weighted by atomic mass is 10.0. The standard InChI is InChI=1S/C15H19N3/c1-11(2)18-14-9-8-13(10-17-14)15(16)12-6-4-3-5-7-12/h3-11,15H,16H2,1-2H3,(H,17,18). The van der Waals surface area contributed by atoms with Gasteiger partial charge in [0.15, 0.2) is 0 Å². The van der Waals surface area contributed by atoms with Gasteiger partial charge in [0.2, 0.25) is 0 Å². The van der Waals surface area contributed by atoms with E-state index in [1.165, 1.54) is 0 Å². The lowest BCUT2D eigenvalue weighted by Crippen LogP contribution is -2.14. The minimum absolute atomic E-state index is 0.119. The zero-order chi connectivity index (χ0) is 13.0. The summed E-state index contributed by atoms with van der Waals surface area (Å²) in [4.78, 5) is 4.37. The number of nitrogens with zero attached hydrogens (tertiary/aromatic N) is 1. The molecule has 1 heterocycles. The maximum Gasteiger partial charge on any atom is 0.126 e. The van der Waals surface area contributed by atoms with Gasteiger partial charge >= 0.3 is 0 Å². The molecular formula is C15H19N3. The Hall–Kier alpha value is -1.87. The summed E-state index contributed by atoms with van der Waals surface area (Å²) < 4.78 is 0. The van der Waals surface area contributed by atoms with Crippen LogP contribution in [0.4, 0.5) is 5.82 Å². The lowest BCUT2D eigenvalue weighted by molar-refractivity contribution is 0.855. The second-order valence-electron chi connectivity index (χ2n) is 4.66. The summed E-state index contributed by atoms with van der Waals surface area (Å²) in [6.07, 6.45) is 1.84. The number of anilines is 1. The van der Waals surface area contributed by atoms with Crippen LogP contribution in [0.25, 0.3) is 0 Å². The molecule has 2 aromatic rings. The third-order valence-corrected chi connectivity index (χ3v) is 2.74. The van der Waals surface area contributed by atoms with Crippen LogP contribution in [0.1, 0.15) is 31.0 Å². The van der Waals surface area contributed by atoms with Gasteiger partial charge in [0.1, 0.15) is 5.82 Å². The molecule has 1 aromatic carbocycles. The van der Waals surface area contributed by atoms with Crippen molar-refractivity contribution in [3.8, 4) is 0 Å². The van der Waals surface area contributed by atoms with Crippen molar-refractivity contribution in [2.24, 2.45) is 5.73 Å². The molecule has 3 N–H and O–H groups in total. The maximum atomic E-state index is 6.21. The van der Waals surface area contributed by atoms with Crippen LogP contribution in [0.5, 0.6) is 0 Å². The minimum atomic E-state index is -0.119. The fraction of sp³-hybridized carbons (Fsp3) is 0.267. The van der Waals surface area contributed by atoms with E-state index in [0.29, 0.717) is 6.04 Å². The molecule has 1 unspecified atom stereocenters. The molecule has 0 aliphatic rings. The van der Waals surface area contributed by atoms with Crippen LogP contribution in [-0.4, -0.2) is 11.0 Å². The summed E-state index contributed by atoms with van der Waals surface area (Å²) in [5, 5.41) is 3.26. The van der Waals surface area contributed by atoms with Crippen molar-refractivity contribution in [2.45, 2.75) is 25.9 Å². The number of hydrogen-bond acceptors (Lipinski definition) is 3. The van der Waals surface area contributed by atoms with Gasteiger partial charge in [0.25, 0.3) is 0 Å². The highest BCUT2D eigenvalue weighted by atomic mass is 15.0. The van der Waals surface area contributed by atoms with Crippen molar-refractivity contribution in [3.05, 3.63) is 59.8 Å². The van der Waals surface area contributed by atoms with Crippen molar-refractivity contribution < 1.29 is 0 Å². The van der Waals surface area contributed by atoms with E-state index in [2.05, 4.69) is 24.1 Å². The smallest absolute Gasteiger partial charge is 0.126 e. The van der Waals surface area contributed by atoms with Gasteiger partial charge in [0.05, 0.1) is 6.04 Å². The molecular weight excluding hydrogens is 222 g/mol. The Bertz CT molecular complexity index is 477. The van der Waals surface area contributed by atoms with Crippen LogP contribution in [-0.2, 0) is 0 Å². The number of pyridine rings is 1. The van der Waals surface area contributed by atoms with Gasteiger partial charge in [0, 0.05) is 12.2 Å². The zero-order valence-electron chi connectivity index (χ0n) is 10.8. The molecule has 0 aliphatic heterocycles. The first kappa shape index (κ1) is 12.6. The number of benzene rings is 1. The first-order valence-corrected chi connectivity index (χ1v) is 6.20. The Morgan fingerprint density at radius 2 is 1.72 bits per heavy atom. The van der Waals surface area contributed by atoms with E-state index in [0.717, 1.165) is 16.9 Å². The average molecular weight is 241 g/mol. The largest absolute Gasteiger partial charge is 0.368 e.